The van der Waals surface area contributed by atoms with Crippen molar-refractivity contribution in [3.05, 3.63) is 41.8 Å². The topological polar surface area (TPSA) is 128 Å². The number of hydrogen-bond donors (Lipinski definition) is 4. The van der Waals surface area contributed by atoms with Gasteiger partial charge in [-0.05, 0) is 56.9 Å². The van der Waals surface area contributed by atoms with E-state index in [4.69, 9.17) is 0 Å². The highest BCUT2D eigenvalue weighted by Gasteiger charge is 2.30. The number of aromatic nitrogens is 3. The minimum absolute atomic E-state index is 0.0130. The zero-order valence-corrected chi connectivity index (χ0v) is 19.9. The smallest absolute Gasteiger partial charge is 0.404 e. The Balaban J connectivity index is 1.63. The van der Waals surface area contributed by atoms with E-state index in [1.54, 1.807) is 13.1 Å². The van der Waals surface area contributed by atoms with Crippen molar-refractivity contribution >= 4 is 34.3 Å². The van der Waals surface area contributed by atoms with Crippen LogP contribution in [0.4, 0.5) is 26.5 Å². The molecule has 1 saturated carbocycles. The molecule has 3 aromatic rings. The van der Waals surface area contributed by atoms with Crippen LogP contribution in [-0.2, 0) is 6.54 Å². The van der Waals surface area contributed by atoms with Gasteiger partial charge in [-0.15, -0.1) is 0 Å². The number of nitrogens with zero attached hydrogens (tertiary/aromatic N) is 4. The van der Waals surface area contributed by atoms with Gasteiger partial charge in [0.2, 0.25) is 0 Å². The summed E-state index contributed by atoms with van der Waals surface area (Å²) in [5, 5.41) is 32.9. The van der Waals surface area contributed by atoms with Crippen molar-refractivity contribution < 1.29 is 14.3 Å². The molecule has 0 aliphatic heterocycles. The van der Waals surface area contributed by atoms with Gasteiger partial charge in [0, 0.05) is 23.7 Å². The Bertz CT molecular complexity index is 1250. The second-order valence-electron chi connectivity index (χ2n) is 8.99. The molecule has 0 bridgehead atoms. The molecule has 10 heteroatoms. The van der Waals surface area contributed by atoms with Gasteiger partial charge in [0.15, 0.2) is 17.5 Å². The summed E-state index contributed by atoms with van der Waals surface area (Å²) < 4.78 is 16.9. The molecule has 1 fully saturated rings. The number of anilines is 3. The Hall–Kier alpha value is -3.87. The molecule has 0 radical (unpaired) electrons. The van der Waals surface area contributed by atoms with E-state index >= 15 is 4.39 Å². The number of benzene rings is 1. The van der Waals surface area contributed by atoms with E-state index in [9.17, 15) is 15.2 Å². The lowest BCUT2D eigenvalue weighted by molar-refractivity contribution is 0.184. The molecule has 1 aliphatic carbocycles. The lowest BCUT2D eigenvalue weighted by Crippen LogP contribution is -2.49. The second kappa shape index (κ2) is 10.6. The molecule has 184 valence electrons. The van der Waals surface area contributed by atoms with Crippen molar-refractivity contribution in [1.82, 2.24) is 20.1 Å². The Kier molecular flexibility index (Phi) is 7.34. The fraction of sp³-hybridized carbons (Fsp3) is 0.440. The first-order valence-corrected chi connectivity index (χ1v) is 12.0. The normalized spacial score (nSPS) is 15.8. The number of nitriles is 1. The first-order chi connectivity index (χ1) is 16.9. The predicted octanol–water partition coefficient (Wildman–Crippen LogP) is 5.22. The highest BCUT2D eigenvalue weighted by atomic mass is 19.1. The fourth-order valence-electron chi connectivity index (χ4n) is 4.91. The van der Waals surface area contributed by atoms with Crippen LogP contribution in [0.25, 0.3) is 10.9 Å². The number of fused-ring (bicyclic) bond motifs is 1. The van der Waals surface area contributed by atoms with E-state index in [1.807, 2.05) is 35.9 Å². The summed E-state index contributed by atoms with van der Waals surface area (Å²) in [5.74, 6) is -0.271. The highest BCUT2D eigenvalue weighted by Crippen LogP contribution is 2.31. The zero-order chi connectivity index (χ0) is 24.9. The first kappa shape index (κ1) is 24.3. The maximum Gasteiger partial charge on any atom is 0.404 e. The number of halogens is 1. The molecule has 1 amide bonds. The summed E-state index contributed by atoms with van der Waals surface area (Å²) >= 11 is 0. The van der Waals surface area contributed by atoms with Gasteiger partial charge in [0.05, 0.1) is 23.3 Å². The lowest BCUT2D eigenvalue weighted by Gasteiger charge is -2.35. The molecule has 0 unspecified atom stereocenters. The Morgan fingerprint density at radius 2 is 2.06 bits per heavy atom. The number of carbonyl (C=O) groups is 1. The van der Waals surface area contributed by atoms with Gasteiger partial charge in [-0.1, -0.05) is 19.3 Å². The summed E-state index contributed by atoms with van der Waals surface area (Å²) in [6.07, 6.45) is 5.74. The third-order valence-corrected chi connectivity index (χ3v) is 6.65. The van der Waals surface area contributed by atoms with Gasteiger partial charge in [-0.3, -0.25) is 4.68 Å². The summed E-state index contributed by atoms with van der Waals surface area (Å²) in [6.45, 7) is 4.54. The number of nitrogens with one attached hydrogen (secondary N) is 3. The molecule has 35 heavy (non-hydrogen) atoms. The number of aryl methyl sites for hydroxylation is 1. The van der Waals surface area contributed by atoms with Crippen LogP contribution in [0.1, 0.15) is 51.5 Å². The third-order valence-electron chi connectivity index (χ3n) is 6.65. The van der Waals surface area contributed by atoms with E-state index < -0.39 is 18.0 Å². The monoisotopic (exact) mass is 479 g/mol. The lowest BCUT2D eigenvalue weighted by atomic mass is 9.81. The van der Waals surface area contributed by atoms with Gasteiger partial charge < -0.3 is 21.1 Å². The molecule has 0 saturated heterocycles. The molecule has 2 aromatic heterocycles. The highest BCUT2D eigenvalue weighted by molar-refractivity contribution is 5.83. The van der Waals surface area contributed by atoms with E-state index in [0.717, 1.165) is 55.6 Å². The van der Waals surface area contributed by atoms with Crippen LogP contribution in [-0.4, -0.2) is 38.0 Å². The van der Waals surface area contributed by atoms with Gasteiger partial charge in [0.25, 0.3) is 0 Å². The number of hydrogen-bond acceptors (Lipinski definition) is 6. The Labute approximate surface area is 203 Å². The number of amides is 1. The first-order valence-electron chi connectivity index (χ1n) is 12.0. The van der Waals surface area contributed by atoms with Gasteiger partial charge in [0.1, 0.15) is 6.07 Å². The molecule has 2 atom stereocenters. The SMILES string of the molecule is CCn1ncc2cc(Nc3nc(N[C@@H](C4CCCCC4)[C@H](C)NC(=O)O)c(F)cc3C#N)ccc21. The predicted molar refractivity (Wildman–Crippen MR) is 132 cm³/mol. The molecule has 4 N–H and O–H groups in total. The van der Waals surface area contributed by atoms with Crippen molar-refractivity contribution in [2.24, 2.45) is 5.92 Å². The van der Waals surface area contributed by atoms with E-state index in [0.29, 0.717) is 5.69 Å². The summed E-state index contributed by atoms with van der Waals surface area (Å²) in [7, 11) is 0. The third kappa shape index (κ3) is 5.45. The van der Waals surface area contributed by atoms with Crippen LogP contribution >= 0.6 is 0 Å². The van der Waals surface area contributed by atoms with Crippen LogP contribution in [0.15, 0.2) is 30.5 Å². The molecule has 2 heterocycles. The van der Waals surface area contributed by atoms with Crippen molar-refractivity contribution in [3.63, 3.8) is 0 Å². The number of carboxylic acid groups (broad SMARTS) is 1. The van der Waals surface area contributed by atoms with Crippen molar-refractivity contribution in [2.75, 3.05) is 10.6 Å². The van der Waals surface area contributed by atoms with Gasteiger partial charge in [-0.2, -0.15) is 10.4 Å². The van der Waals surface area contributed by atoms with Gasteiger partial charge in [-0.25, -0.2) is 14.2 Å². The largest absolute Gasteiger partial charge is 0.465 e. The minimum Gasteiger partial charge on any atom is -0.465 e. The maximum absolute atomic E-state index is 15.0. The minimum atomic E-state index is -1.13. The molecule has 1 aliphatic rings. The Morgan fingerprint density at radius 1 is 1.29 bits per heavy atom. The van der Waals surface area contributed by atoms with Crippen LogP contribution in [0.3, 0.4) is 0 Å². The molecular formula is C25H30FN7O2. The van der Waals surface area contributed by atoms with Crippen molar-refractivity contribution in [2.45, 2.75) is 64.6 Å². The van der Waals surface area contributed by atoms with Crippen LogP contribution in [0.2, 0.25) is 0 Å². The number of rotatable bonds is 8. The zero-order valence-electron chi connectivity index (χ0n) is 19.9. The van der Waals surface area contributed by atoms with Crippen LogP contribution < -0.4 is 16.0 Å². The fourth-order valence-corrected chi connectivity index (χ4v) is 4.91. The average Bonchev–Trinajstić information content (AvgIpc) is 3.26. The second-order valence-corrected chi connectivity index (χ2v) is 8.99. The number of pyridine rings is 1. The van der Waals surface area contributed by atoms with Crippen LogP contribution in [0.5, 0.6) is 0 Å². The molecular weight excluding hydrogens is 449 g/mol. The molecule has 9 nitrogen and oxygen atoms in total. The standard InChI is InChI=1S/C25H30FN7O2/c1-3-33-21-10-9-19(11-18(21)14-28-33)30-23-17(13-27)12-20(26)24(32-23)31-22(15(2)29-25(34)35)16-7-5-4-6-8-16/h9-12,14-16,22,29H,3-8H2,1-2H3,(H,34,35)(H2,30,31,32)/t15-,22+/m0/s1. The van der Waals surface area contributed by atoms with E-state index in [1.165, 1.54) is 0 Å². The summed E-state index contributed by atoms with van der Waals surface area (Å²) in [5.41, 5.74) is 1.76. The average molecular weight is 480 g/mol. The van der Waals surface area contributed by atoms with Crippen molar-refractivity contribution in [1.29, 1.82) is 5.26 Å². The summed E-state index contributed by atoms with van der Waals surface area (Å²) in [4.78, 5) is 15.7. The van der Waals surface area contributed by atoms with E-state index in [2.05, 4.69) is 26.0 Å². The molecule has 0 spiro atoms. The van der Waals surface area contributed by atoms with E-state index in [-0.39, 0.29) is 29.2 Å². The Morgan fingerprint density at radius 3 is 2.74 bits per heavy atom. The molecule has 4 rings (SSSR count). The molecule has 1 aromatic carbocycles. The summed E-state index contributed by atoms with van der Waals surface area (Å²) in [6, 6.07) is 8.04. The maximum atomic E-state index is 15.0. The quantitative estimate of drug-likeness (QED) is 0.349. The van der Waals surface area contributed by atoms with Gasteiger partial charge >= 0.3 is 6.09 Å². The van der Waals surface area contributed by atoms with Crippen molar-refractivity contribution in [3.8, 4) is 6.07 Å². The van der Waals surface area contributed by atoms with Crippen LogP contribution in [0, 0.1) is 23.1 Å².